The number of thiocarbonyl (C=S) groups is 1. The first-order valence-electron chi connectivity index (χ1n) is 5.18. The van der Waals surface area contributed by atoms with Crippen molar-refractivity contribution in [1.29, 1.82) is 0 Å². The molecule has 2 aromatic carbocycles. The van der Waals surface area contributed by atoms with Crippen LogP contribution < -0.4 is 11.1 Å². The Balaban J connectivity index is 2.35. The van der Waals surface area contributed by atoms with Crippen molar-refractivity contribution in [2.45, 2.75) is 0 Å². The third-order valence-corrected chi connectivity index (χ3v) is 3.54. The average Bonchev–Trinajstić information content (AvgIpc) is 2.32. The molecule has 18 heavy (non-hydrogen) atoms. The fourth-order valence-electron chi connectivity index (χ4n) is 1.52. The first kappa shape index (κ1) is 13.6. The maximum absolute atomic E-state index is 5.99. The van der Waals surface area contributed by atoms with E-state index in [0.29, 0.717) is 10.0 Å². The van der Waals surface area contributed by atoms with Gasteiger partial charge in [-0.2, -0.15) is 0 Å². The first-order valence-corrected chi connectivity index (χ1v) is 7.05. The van der Waals surface area contributed by atoms with E-state index in [1.54, 1.807) is 6.07 Å². The summed E-state index contributed by atoms with van der Waals surface area (Å²) in [6.45, 7) is 0. The molecule has 0 aromatic heterocycles. The number of hydrogen-bond acceptors (Lipinski definition) is 2. The monoisotopic (exact) mass is 388 g/mol. The van der Waals surface area contributed by atoms with E-state index in [4.69, 9.17) is 29.6 Å². The molecule has 5 heteroatoms. The van der Waals surface area contributed by atoms with Crippen LogP contribution in [0.4, 0.5) is 11.4 Å². The van der Waals surface area contributed by atoms with Gasteiger partial charge in [-0.25, -0.2) is 0 Å². The Hall–Kier alpha value is -0.850. The van der Waals surface area contributed by atoms with Crippen LogP contribution in [0.1, 0.15) is 5.56 Å². The van der Waals surface area contributed by atoms with Crippen molar-refractivity contribution in [1.82, 2.24) is 0 Å². The number of halogens is 2. The minimum atomic E-state index is 0.347. The van der Waals surface area contributed by atoms with E-state index in [2.05, 4.69) is 27.9 Å². The molecule has 0 amide bonds. The molecule has 92 valence electrons. The van der Waals surface area contributed by atoms with E-state index in [9.17, 15) is 0 Å². The first-order chi connectivity index (χ1) is 8.56. The largest absolute Gasteiger partial charge is 0.389 e. The van der Waals surface area contributed by atoms with E-state index >= 15 is 0 Å². The molecule has 0 bridgehead atoms. The van der Waals surface area contributed by atoms with Gasteiger partial charge in [-0.1, -0.05) is 23.8 Å². The van der Waals surface area contributed by atoms with Gasteiger partial charge < -0.3 is 11.1 Å². The zero-order valence-corrected chi connectivity index (χ0v) is 13.0. The molecule has 2 rings (SSSR count). The second-order valence-electron chi connectivity index (χ2n) is 3.69. The van der Waals surface area contributed by atoms with E-state index in [-0.39, 0.29) is 0 Å². The van der Waals surface area contributed by atoms with Crippen LogP contribution in [0.15, 0.2) is 42.5 Å². The van der Waals surface area contributed by atoms with Crippen LogP contribution in [-0.4, -0.2) is 4.99 Å². The molecule has 0 radical (unpaired) electrons. The molecule has 0 aliphatic carbocycles. The van der Waals surface area contributed by atoms with Crippen molar-refractivity contribution in [3.63, 3.8) is 0 Å². The second kappa shape index (κ2) is 5.86. The van der Waals surface area contributed by atoms with Crippen LogP contribution in [0.3, 0.4) is 0 Å². The lowest BCUT2D eigenvalue weighted by Gasteiger charge is -2.11. The van der Waals surface area contributed by atoms with E-state index in [1.165, 1.54) is 3.57 Å². The van der Waals surface area contributed by atoms with Gasteiger partial charge in [0.05, 0.1) is 5.69 Å². The molecule has 0 fully saturated rings. The molecule has 0 spiro atoms. The Labute approximate surface area is 130 Å². The van der Waals surface area contributed by atoms with Crippen molar-refractivity contribution in [3.05, 3.63) is 56.6 Å². The molecule has 2 aromatic rings. The second-order valence-corrected chi connectivity index (χ2v) is 5.81. The Bertz CT molecular complexity index is 584. The SMILES string of the molecule is NC(=S)c1ccc(Cl)cc1Nc1ccc(I)cc1. The van der Waals surface area contributed by atoms with Crippen molar-refractivity contribution in [2.24, 2.45) is 5.73 Å². The lowest BCUT2D eigenvalue weighted by molar-refractivity contribution is 1.51. The lowest BCUT2D eigenvalue weighted by atomic mass is 10.1. The smallest absolute Gasteiger partial charge is 0.106 e. The Morgan fingerprint density at radius 1 is 1.17 bits per heavy atom. The Morgan fingerprint density at radius 2 is 1.83 bits per heavy atom. The van der Waals surface area contributed by atoms with Crippen LogP contribution in [0.5, 0.6) is 0 Å². The maximum Gasteiger partial charge on any atom is 0.106 e. The topological polar surface area (TPSA) is 38.0 Å². The van der Waals surface area contributed by atoms with Crippen molar-refractivity contribution in [2.75, 3.05) is 5.32 Å². The van der Waals surface area contributed by atoms with Gasteiger partial charge in [-0.3, -0.25) is 0 Å². The van der Waals surface area contributed by atoms with Crippen molar-refractivity contribution < 1.29 is 0 Å². The van der Waals surface area contributed by atoms with Gasteiger partial charge in [0.25, 0.3) is 0 Å². The molecule has 0 saturated carbocycles. The van der Waals surface area contributed by atoms with Gasteiger partial charge in [0.2, 0.25) is 0 Å². The third kappa shape index (κ3) is 3.34. The van der Waals surface area contributed by atoms with E-state index in [0.717, 1.165) is 16.9 Å². The molecule has 0 unspecified atom stereocenters. The van der Waals surface area contributed by atoms with E-state index in [1.807, 2.05) is 36.4 Å². The average molecular weight is 389 g/mol. The molecule has 2 nitrogen and oxygen atoms in total. The fourth-order valence-corrected chi connectivity index (χ4v) is 2.23. The fraction of sp³-hybridized carbons (Fsp3) is 0. The molecule has 0 atom stereocenters. The Kier molecular flexibility index (Phi) is 4.42. The third-order valence-electron chi connectivity index (χ3n) is 2.37. The predicted octanol–water partition coefficient (Wildman–Crippen LogP) is 4.32. The number of anilines is 2. The van der Waals surface area contributed by atoms with Crippen molar-refractivity contribution in [3.8, 4) is 0 Å². The van der Waals surface area contributed by atoms with Gasteiger partial charge in [0.15, 0.2) is 0 Å². The number of nitrogens with one attached hydrogen (secondary N) is 1. The van der Waals surface area contributed by atoms with Gasteiger partial charge in [0, 0.05) is 19.8 Å². The lowest BCUT2D eigenvalue weighted by Crippen LogP contribution is -2.11. The van der Waals surface area contributed by atoms with Crippen LogP contribution in [0, 0.1) is 3.57 Å². The summed E-state index contributed by atoms with van der Waals surface area (Å²) in [4.78, 5) is 0.347. The predicted molar refractivity (Wildman–Crippen MR) is 89.8 cm³/mol. The molecular weight excluding hydrogens is 379 g/mol. The van der Waals surface area contributed by atoms with E-state index < -0.39 is 0 Å². The van der Waals surface area contributed by atoms with Gasteiger partial charge in [-0.05, 0) is 65.1 Å². The summed E-state index contributed by atoms with van der Waals surface area (Å²) >= 11 is 13.3. The molecule has 0 saturated heterocycles. The zero-order chi connectivity index (χ0) is 13.1. The molecule has 0 aliphatic heterocycles. The quantitative estimate of drug-likeness (QED) is 0.607. The number of hydrogen-bond donors (Lipinski definition) is 2. The highest BCUT2D eigenvalue weighted by atomic mass is 127. The summed E-state index contributed by atoms with van der Waals surface area (Å²) in [6.07, 6.45) is 0. The maximum atomic E-state index is 5.99. The van der Waals surface area contributed by atoms with Crippen LogP contribution >= 0.6 is 46.4 Å². The van der Waals surface area contributed by atoms with Crippen molar-refractivity contribution >= 4 is 62.8 Å². The number of benzene rings is 2. The summed E-state index contributed by atoms with van der Waals surface area (Å²) in [7, 11) is 0. The standard InChI is InChI=1S/C13H10ClIN2S/c14-8-1-6-11(13(16)18)12(7-8)17-10-4-2-9(15)3-5-10/h1-7,17H,(H2,16,18). The van der Waals surface area contributed by atoms with Gasteiger partial charge in [-0.15, -0.1) is 0 Å². The summed E-state index contributed by atoms with van der Waals surface area (Å²) < 4.78 is 1.18. The summed E-state index contributed by atoms with van der Waals surface area (Å²) in [5, 5.41) is 3.91. The minimum Gasteiger partial charge on any atom is -0.389 e. The minimum absolute atomic E-state index is 0.347. The molecule has 3 N–H and O–H groups in total. The number of nitrogens with two attached hydrogens (primary N) is 1. The highest BCUT2D eigenvalue weighted by molar-refractivity contribution is 14.1. The van der Waals surface area contributed by atoms with Crippen LogP contribution in [0.2, 0.25) is 5.02 Å². The number of rotatable bonds is 3. The molecule has 0 aliphatic rings. The highest BCUT2D eigenvalue weighted by Gasteiger charge is 2.06. The van der Waals surface area contributed by atoms with Gasteiger partial charge >= 0.3 is 0 Å². The normalized spacial score (nSPS) is 10.1. The van der Waals surface area contributed by atoms with Crippen LogP contribution in [-0.2, 0) is 0 Å². The molecular formula is C13H10ClIN2S. The zero-order valence-electron chi connectivity index (χ0n) is 9.28. The molecule has 0 heterocycles. The summed E-state index contributed by atoms with van der Waals surface area (Å²) in [6, 6.07) is 13.4. The summed E-state index contributed by atoms with van der Waals surface area (Å²) in [5.41, 5.74) is 8.26. The summed E-state index contributed by atoms with van der Waals surface area (Å²) in [5.74, 6) is 0. The highest BCUT2D eigenvalue weighted by Crippen LogP contribution is 2.25. The Morgan fingerprint density at radius 3 is 2.44 bits per heavy atom. The van der Waals surface area contributed by atoms with Crippen LogP contribution in [0.25, 0.3) is 0 Å². The van der Waals surface area contributed by atoms with Gasteiger partial charge in [0.1, 0.15) is 4.99 Å².